The van der Waals surface area contributed by atoms with Gasteiger partial charge < -0.3 is 14.5 Å². The number of aromatic nitrogens is 6. The van der Waals surface area contributed by atoms with Crippen LogP contribution in [0, 0.1) is 5.41 Å². The summed E-state index contributed by atoms with van der Waals surface area (Å²) in [4.78, 5) is 37.7. The lowest BCUT2D eigenvalue weighted by Crippen LogP contribution is -2.45. The third-order valence-electron chi connectivity index (χ3n) is 6.53. The van der Waals surface area contributed by atoms with Crippen LogP contribution in [0.1, 0.15) is 31.9 Å². The van der Waals surface area contributed by atoms with Gasteiger partial charge in [-0.1, -0.05) is 0 Å². The van der Waals surface area contributed by atoms with Crippen molar-refractivity contribution in [3.05, 3.63) is 36.2 Å². The minimum Gasteiger partial charge on any atom is -0.456 e. The van der Waals surface area contributed by atoms with Gasteiger partial charge in [0, 0.05) is 25.1 Å². The van der Waals surface area contributed by atoms with E-state index in [1.807, 2.05) is 0 Å². The Hall–Kier alpha value is -3.21. The molecule has 2 saturated heterocycles. The summed E-state index contributed by atoms with van der Waals surface area (Å²) in [5.74, 6) is 0.365. The second-order valence-electron chi connectivity index (χ2n) is 8.46. The molecule has 2 aromatic rings. The second-order valence-corrected chi connectivity index (χ2v) is 8.46. The third-order valence-corrected chi connectivity index (χ3v) is 6.53. The third kappa shape index (κ3) is 3.69. The van der Waals surface area contributed by atoms with Gasteiger partial charge in [0.2, 0.25) is 5.91 Å². The summed E-state index contributed by atoms with van der Waals surface area (Å²) >= 11 is 0. The Balaban J connectivity index is 1.16. The number of likely N-dealkylation sites (tertiary alicyclic amines) is 2. The lowest BCUT2D eigenvalue weighted by Gasteiger charge is -2.38. The Labute approximate surface area is 179 Å². The lowest BCUT2D eigenvalue weighted by molar-refractivity contribution is -0.138. The van der Waals surface area contributed by atoms with Crippen molar-refractivity contribution in [1.29, 1.82) is 0 Å². The van der Waals surface area contributed by atoms with Crippen molar-refractivity contribution in [2.75, 3.05) is 26.2 Å². The molecule has 162 valence electrons. The molecule has 11 heteroatoms. The molecule has 11 nitrogen and oxygen atoms in total. The highest BCUT2D eigenvalue weighted by molar-refractivity contribution is 5.91. The fourth-order valence-electron chi connectivity index (χ4n) is 4.87. The van der Waals surface area contributed by atoms with Crippen LogP contribution in [0.25, 0.3) is 5.82 Å². The highest BCUT2D eigenvalue weighted by Gasteiger charge is 2.52. The molecule has 5 heterocycles. The molecule has 1 atom stereocenters. The monoisotopic (exact) mass is 424 g/mol. The van der Waals surface area contributed by atoms with Gasteiger partial charge in [-0.25, -0.2) is 9.78 Å². The van der Waals surface area contributed by atoms with Crippen molar-refractivity contribution in [2.24, 2.45) is 5.41 Å². The van der Waals surface area contributed by atoms with Crippen LogP contribution < -0.4 is 0 Å². The average Bonchev–Trinajstić information content (AvgIpc) is 3.50. The highest BCUT2D eigenvalue weighted by atomic mass is 16.5. The van der Waals surface area contributed by atoms with Crippen molar-refractivity contribution >= 4 is 11.9 Å². The molecule has 0 aromatic carbocycles. The van der Waals surface area contributed by atoms with Gasteiger partial charge in [-0.2, -0.15) is 4.68 Å². The Morgan fingerprint density at radius 1 is 1.19 bits per heavy atom. The summed E-state index contributed by atoms with van der Waals surface area (Å²) < 4.78 is 6.48. The molecule has 0 aliphatic carbocycles. The number of tetrazole rings is 1. The second kappa shape index (κ2) is 7.80. The van der Waals surface area contributed by atoms with Crippen molar-refractivity contribution < 1.29 is 14.3 Å². The van der Waals surface area contributed by atoms with Crippen LogP contribution >= 0.6 is 0 Å². The fraction of sp³-hybridized carbons (Fsp3) is 0.550. The van der Waals surface area contributed by atoms with E-state index in [0.29, 0.717) is 11.5 Å². The largest absolute Gasteiger partial charge is 0.456 e. The van der Waals surface area contributed by atoms with Crippen LogP contribution in [-0.4, -0.2) is 84.1 Å². The summed E-state index contributed by atoms with van der Waals surface area (Å²) in [7, 11) is 0. The molecule has 5 rings (SSSR count). The van der Waals surface area contributed by atoms with Gasteiger partial charge in [-0.3, -0.25) is 9.78 Å². The first-order valence-corrected chi connectivity index (χ1v) is 10.5. The molecule has 0 saturated carbocycles. The number of cyclic esters (lactones) is 1. The minimum atomic E-state index is -0.361. The standard InChI is InChI=1S/C20H24N8O3/c1-14-9-20(19(30)28(14)16-8-18(29)31-12-16)3-6-26(7-4-20)5-2-15-10-22-17(11-21-15)27-13-23-24-25-27/h8,10-11,13-14H,2-7,9,12H2,1H3/t14-/m0/s1. The molecule has 1 amide bonds. The van der Waals surface area contributed by atoms with Gasteiger partial charge in [-0.05, 0) is 49.7 Å². The van der Waals surface area contributed by atoms with Crippen LogP contribution in [0.3, 0.4) is 0 Å². The van der Waals surface area contributed by atoms with Crippen molar-refractivity contribution in [3.63, 3.8) is 0 Å². The van der Waals surface area contributed by atoms with E-state index < -0.39 is 0 Å². The quantitative estimate of drug-likeness (QED) is 0.617. The minimum absolute atomic E-state index is 0.0915. The summed E-state index contributed by atoms with van der Waals surface area (Å²) in [5, 5.41) is 11.0. The van der Waals surface area contributed by atoms with Crippen LogP contribution in [0.4, 0.5) is 0 Å². The first-order valence-electron chi connectivity index (χ1n) is 10.5. The zero-order valence-corrected chi connectivity index (χ0v) is 17.3. The first kappa shape index (κ1) is 19.7. The van der Waals surface area contributed by atoms with Crippen molar-refractivity contribution in [1.82, 2.24) is 40.0 Å². The van der Waals surface area contributed by atoms with E-state index in [9.17, 15) is 9.59 Å². The number of rotatable bonds is 5. The molecule has 31 heavy (non-hydrogen) atoms. The van der Waals surface area contributed by atoms with Crippen LogP contribution in [0.15, 0.2) is 30.5 Å². The molecule has 0 unspecified atom stereocenters. The molecule has 1 spiro atoms. The van der Waals surface area contributed by atoms with Crippen molar-refractivity contribution in [2.45, 2.75) is 38.6 Å². The van der Waals surface area contributed by atoms with E-state index in [-0.39, 0.29) is 29.9 Å². The zero-order chi connectivity index (χ0) is 21.4. The van der Waals surface area contributed by atoms with Gasteiger partial charge in [0.25, 0.3) is 0 Å². The zero-order valence-electron chi connectivity index (χ0n) is 17.3. The highest BCUT2D eigenvalue weighted by Crippen LogP contribution is 2.46. The van der Waals surface area contributed by atoms with Gasteiger partial charge in [0.05, 0.1) is 29.2 Å². The number of hydrogen-bond acceptors (Lipinski definition) is 9. The first-order chi connectivity index (χ1) is 15.0. The summed E-state index contributed by atoms with van der Waals surface area (Å²) in [6.07, 6.45) is 9.63. The summed E-state index contributed by atoms with van der Waals surface area (Å²) in [5.41, 5.74) is 1.28. The van der Waals surface area contributed by atoms with Crippen LogP contribution in [0.2, 0.25) is 0 Å². The maximum atomic E-state index is 13.3. The number of ether oxygens (including phenoxy) is 1. The average molecular weight is 424 g/mol. The van der Waals surface area contributed by atoms with E-state index in [2.05, 4.69) is 37.3 Å². The SMILES string of the molecule is C[C@H]1CC2(CCN(CCc3cnc(-n4cnnn4)cn3)CC2)C(=O)N1C1=CC(=O)OC1. The van der Waals surface area contributed by atoms with Gasteiger partial charge in [-0.15, -0.1) is 5.10 Å². The topological polar surface area (TPSA) is 119 Å². The normalized spacial score (nSPS) is 23.5. The molecule has 2 aromatic heterocycles. The Bertz CT molecular complexity index is 996. The number of carbonyl (C=O) groups is 2. The number of piperidine rings is 1. The van der Waals surface area contributed by atoms with Gasteiger partial charge in [0.15, 0.2) is 5.82 Å². The molecular weight excluding hydrogens is 400 g/mol. The number of amides is 1. The number of nitrogens with zero attached hydrogens (tertiary/aromatic N) is 8. The Morgan fingerprint density at radius 2 is 2.03 bits per heavy atom. The van der Waals surface area contributed by atoms with E-state index >= 15 is 0 Å². The molecule has 3 aliphatic heterocycles. The molecule has 0 N–H and O–H groups in total. The smallest absolute Gasteiger partial charge is 0.333 e. The van der Waals surface area contributed by atoms with Gasteiger partial charge >= 0.3 is 5.97 Å². The molecular formula is C20H24N8O3. The molecule has 3 aliphatic rings. The van der Waals surface area contributed by atoms with Gasteiger partial charge in [0.1, 0.15) is 12.9 Å². The van der Waals surface area contributed by atoms with E-state index in [1.54, 1.807) is 17.3 Å². The number of hydrogen-bond donors (Lipinski definition) is 0. The Kier molecular flexibility index (Phi) is 4.97. The number of carbonyl (C=O) groups excluding carboxylic acids is 2. The summed E-state index contributed by atoms with van der Waals surface area (Å²) in [6, 6.07) is 0.0915. The predicted molar refractivity (Wildman–Crippen MR) is 107 cm³/mol. The Morgan fingerprint density at radius 3 is 2.68 bits per heavy atom. The van der Waals surface area contributed by atoms with Crippen LogP contribution in [-0.2, 0) is 20.7 Å². The maximum Gasteiger partial charge on any atom is 0.333 e. The number of esters is 1. The maximum absolute atomic E-state index is 13.3. The van der Waals surface area contributed by atoms with Crippen molar-refractivity contribution in [3.8, 4) is 5.82 Å². The molecule has 0 radical (unpaired) electrons. The van der Waals surface area contributed by atoms with E-state index in [1.165, 1.54) is 17.1 Å². The fourth-order valence-corrected chi connectivity index (χ4v) is 4.87. The molecule has 2 fully saturated rings. The predicted octanol–water partition coefficient (Wildman–Crippen LogP) is 0.139. The molecule has 0 bridgehead atoms. The summed E-state index contributed by atoms with van der Waals surface area (Å²) in [6.45, 7) is 4.87. The van der Waals surface area contributed by atoms with E-state index in [0.717, 1.165) is 51.0 Å². The van der Waals surface area contributed by atoms with Crippen LogP contribution in [0.5, 0.6) is 0 Å². The lowest BCUT2D eigenvalue weighted by atomic mass is 9.76. The van der Waals surface area contributed by atoms with E-state index in [4.69, 9.17) is 4.74 Å².